The minimum absolute atomic E-state index is 0.0411. The smallest absolute Gasteiger partial charge is 0.353 e. The Hall–Kier alpha value is -2.87. The van der Waals surface area contributed by atoms with Gasteiger partial charge in [0.25, 0.3) is 5.91 Å². The van der Waals surface area contributed by atoms with Gasteiger partial charge in [-0.25, -0.2) is 21.8 Å². The third kappa shape index (κ3) is 5.40. The number of aryl methyl sites for hydroxylation is 1. The summed E-state index contributed by atoms with van der Waals surface area (Å²) < 4.78 is 90.2. The van der Waals surface area contributed by atoms with Gasteiger partial charge in [0.05, 0.1) is 27.5 Å². The number of carbonyl (C=O) groups excluding carboxylic acids is 1. The Bertz CT molecular complexity index is 1440. The summed E-state index contributed by atoms with van der Waals surface area (Å²) in [6.45, 7) is 4.25. The van der Waals surface area contributed by atoms with Crippen LogP contribution in [-0.4, -0.2) is 76.9 Å². The Morgan fingerprint density at radius 2 is 1.76 bits per heavy atom. The number of aromatic nitrogens is 1. The molecule has 0 spiro atoms. The Labute approximate surface area is 213 Å². The van der Waals surface area contributed by atoms with Gasteiger partial charge in [0.2, 0.25) is 10.0 Å². The molecule has 0 unspecified atom stereocenters. The van der Waals surface area contributed by atoms with Gasteiger partial charge >= 0.3 is 6.18 Å². The lowest BCUT2D eigenvalue weighted by atomic mass is 10.1. The molecule has 9 nitrogen and oxygen atoms in total. The molecule has 1 amide bonds. The summed E-state index contributed by atoms with van der Waals surface area (Å²) in [6.07, 6.45) is -2.34. The number of piperazine rings is 1. The first-order chi connectivity index (χ1) is 17.1. The number of amides is 1. The zero-order valence-corrected chi connectivity index (χ0v) is 22.1. The van der Waals surface area contributed by atoms with Crippen molar-refractivity contribution >= 4 is 37.3 Å². The van der Waals surface area contributed by atoms with E-state index in [1.165, 1.54) is 34.3 Å². The van der Waals surface area contributed by atoms with Crippen molar-refractivity contribution in [3.05, 3.63) is 47.2 Å². The molecule has 37 heavy (non-hydrogen) atoms. The lowest BCUT2D eigenvalue weighted by Gasteiger charge is -2.36. The van der Waals surface area contributed by atoms with Crippen molar-refractivity contribution in [2.45, 2.75) is 37.4 Å². The van der Waals surface area contributed by atoms with Crippen molar-refractivity contribution in [1.29, 1.82) is 0 Å². The van der Waals surface area contributed by atoms with E-state index >= 15 is 0 Å². The maximum absolute atomic E-state index is 13.3. The zero-order chi connectivity index (χ0) is 27.3. The first kappa shape index (κ1) is 27.2. The van der Waals surface area contributed by atoms with Crippen molar-refractivity contribution in [3.63, 3.8) is 0 Å². The molecule has 0 bridgehead atoms. The molecule has 2 aromatic rings. The molecule has 0 radical (unpaired) electrons. The van der Waals surface area contributed by atoms with Crippen LogP contribution in [0.25, 0.3) is 0 Å². The van der Waals surface area contributed by atoms with Crippen molar-refractivity contribution in [2.75, 3.05) is 47.4 Å². The van der Waals surface area contributed by atoms with Crippen LogP contribution < -0.4 is 9.21 Å². The van der Waals surface area contributed by atoms with Gasteiger partial charge in [-0.05, 0) is 50.1 Å². The molecule has 0 saturated carbocycles. The lowest BCUT2D eigenvalue weighted by molar-refractivity contribution is -0.137. The largest absolute Gasteiger partial charge is 0.417 e. The SMILES string of the molecule is Cc1cc(C(F)(F)F)cnc1N1CCN(C(=O)c2ccc(N3[C@H](C)CCS3(=O)=O)cc2S(C)(=O)=O)CC1. The number of hydrogen-bond acceptors (Lipinski definition) is 7. The van der Waals surface area contributed by atoms with E-state index in [4.69, 9.17) is 0 Å². The monoisotopic (exact) mass is 560 g/mol. The van der Waals surface area contributed by atoms with E-state index in [0.29, 0.717) is 30.9 Å². The van der Waals surface area contributed by atoms with Gasteiger partial charge < -0.3 is 9.80 Å². The average Bonchev–Trinajstić information content (AvgIpc) is 3.09. The van der Waals surface area contributed by atoms with Gasteiger partial charge in [0.1, 0.15) is 5.82 Å². The first-order valence-electron chi connectivity index (χ1n) is 11.5. The molecule has 2 aliphatic heterocycles. The molecular weight excluding hydrogens is 533 g/mol. The second-order valence-electron chi connectivity index (χ2n) is 9.34. The third-order valence-corrected chi connectivity index (χ3v) is 9.65. The van der Waals surface area contributed by atoms with Gasteiger partial charge in [-0.15, -0.1) is 0 Å². The lowest BCUT2D eigenvalue weighted by Crippen LogP contribution is -2.49. The first-order valence-corrected chi connectivity index (χ1v) is 15.0. The fourth-order valence-corrected chi connectivity index (χ4v) is 7.52. The van der Waals surface area contributed by atoms with Crippen molar-refractivity contribution in [2.24, 2.45) is 0 Å². The van der Waals surface area contributed by atoms with Crippen LogP contribution in [-0.2, 0) is 26.0 Å². The minimum Gasteiger partial charge on any atom is -0.353 e. The van der Waals surface area contributed by atoms with Gasteiger partial charge in [-0.1, -0.05) is 0 Å². The van der Waals surface area contributed by atoms with E-state index in [2.05, 4.69) is 4.98 Å². The number of halogens is 3. The summed E-state index contributed by atoms with van der Waals surface area (Å²) in [5, 5.41) is 0. The highest BCUT2D eigenvalue weighted by Gasteiger charge is 2.36. The van der Waals surface area contributed by atoms with Crippen molar-refractivity contribution < 1.29 is 34.8 Å². The molecular formula is C23H27F3N4O5S2. The predicted molar refractivity (Wildman–Crippen MR) is 132 cm³/mol. The number of nitrogens with zero attached hydrogens (tertiary/aromatic N) is 4. The predicted octanol–water partition coefficient (Wildman–Crippen LogP) is 2.70. The van der Waals surface area contributed by atoms with Crippen molar-refractivity contribution in [1.82, 2.24) is 9.88 Å². The Kier molecular flexibility index (Phi) is 6.95. The van der Waals surface area contributed by atoms with E-state index in [1.807, 2.05) is 0 Å². The van der Waals surface area contributed by atoms with Crippen LogP contribution in [0.1, 0.15) is 34.8 Å². The number of alkyl halides is 3. The van der Waals surface area contributed by atoms with Crippen LogP contribution in [0, 0.1) is 6.92 Å². The highest BCUT2D eigenvalue weighted by molar-refractivity contribution is 7.93. The van der Waals surface area contributed by atoms with Gasteiger partial charge in [0, 0.05) is 44.7 Å². The molecule has 2 aliphatic rings. The van der Waals surface area contributed by atoms with Crippen molar-refractivity contribution in [3.8, 4) is 0 Å². The molecule has 202 valence electrons. The molecule has 2 fully saturated rings. The third-order valence-electron chi connectivity index (χ3n) is 6.59. The second-order valence-corrected chi connectivity index (χ2v) is 13.3. The molecule has 1 atom stereocenters. The molecule has 3 heterocycles. The number of rotatable bonds is 4. The normalized spacial score (nSPS) is 20.4. The minimum atomic E-state index is -4.49. The average molecular weight is 561 g/mol. The maximum Gasteiger partial charge on any atom is 0.417 e. The molecule has 4 rings (SSSR count). The standard InChI is InChI=1S/C23H27F3N4O5S2/c1-15-12-17(23(24,25)26)14-27-21(15)28-7-9-29(10-8-28)22(31)19-5-4-18(13-20(19)36(3,32)33)30-16(2)6-11-37(30,34)35/h4-5,12-14,16H,6-11H2,1-3H3/t16-/m1/s1. The highest BCUT2D eigenvalue weighted by Crippen LogP contribution is 2.33. The van der Waals surface area contributed by atoms with E-state index in [1.54, 1.807) is 11.8 Å². The number of sulfone groups is 1. The number of pyridine rings is 1. The fourth-order valence-electron chi connectivity index (χ4n) is 4.70. The molecule has 1 aromatic carbocycles. The van der Waals surface area contributed by atoms with E-state index in [0.717, 1.165) is 18.5 Å². The van der Waals surface area contributed by atoms with E-state index < -0.39 is 37.5 Å². The number of hydrogen-bond donors (Lipinski definition) is 0. The molecule has 2 saturated heterocycles. The second kappa shape index (κ2) is 9.46. The van der Waals surface area contributed by atoms with Gasteiger partial charge in [-0.3, -0.25) is 9.10 Å². The van der Waals surface area contributed by atoms with E-state index in [9.17, 15) is 34.8 Å². The topological polar surface area (TPSA) is 108 Å². The summed E-state index contributed by atoms with van der Waals surface area (Å²) in [4.78, 5) is 20.3. The van der Waals surface area contributed by atoms with Crippen LogP contribution in [0.3, 0.4) is 0 Å². The van der Waals surface area contributed by atoms with Crippen LogP contribution >= 0.6 is 0 Å². The summed E-state index contributed by atoms with van der Waals surface area (Å²) in [7, 11) is -7.46. The Balaban J connectivity index is 1.55. The van der Waals surface area contributed by atoms with Crippen LogP contribution in [0.4, 0.5) is 24.7 Å². The van der Waals surface area contributed by atoms with Crippen LogP contribution in [0.5, 0.6) is 0 Å². The summed E-state index contributed by atoms with van der Waals surface area (Å²) in [5.41, 5.74) is -0.352. The molecule has 0 aliphatic carbocycles. The summed E-state index contributed by atoms with van der Waals surface area (Å²) in [6, 6.07) is 4.69. The number of sulfonamides is 1. The quantitative estimate of drug-likeness (QED) is 0.566. The van der Waals surface area contributed by atoms with E-state index in [-0.39, 0.29) is 41.0 Å². The van der Waals surface area contributed by atoms with Gasteiger partial charge in [-0.2, -0.15) is 13.2 Å². The van der Waals surface area contributed by atoms with Gasteiger partial charge in [0.15, 0.2) is 9.84 Å². The summed E-state index contributed by atoms with van der Waals surface area (Å²) >= 11 is 0. The Morgan fingerprint density at radius 3 is 2.27 bits per heavy atom. The molecule has 1 aromatic heterocycles. The van der Waals surface area contributed by atoms with Crippen LogP contribution in [0.2, 0.25) is 0 Å². The number of benzene rings is 1. The number of anilines is 2. The number of carbonyl (C=O) groups is 1. The zero-order valence-electron chi connectivity index (χ0n) is 20.5. The highest BCUT2D eigenvalue weighted by atomic mass is 32.2. The Morgan fingerprint density at radius 1 is 1.11 bits per heavy atom. The maximum atomic E-state index is 13.3. The molecule has 14 heteroatoms. The molecule has 0 N–H and O–H groups in total. The fraction of sp³-hybridized carbons (Fsp3) is 0.478. The van der Waals surface area contributed by atoms with Crippen LogP contribution in [0.15, 0.2) is 35.4 Å². The summed E-state index contributed by atoms with van der Waals surface area (Å²) in [5.74, 6) is -0.177.